The number of carbonyl (C=O) groups excluding carboxylic acids is 1. The van der Waals surface area contributed by atoms with Crippen LogP contribution < -0.4 is 5.32 Å². The number of aromatic nitrogens is 1. The summed E-state index contributed by atoms with van der Waals surface area (Å²) in [7, 11) is 0. The monoisotopic (exact) mass is 342 g/mol. The average molecular weight is 343 g/mol. The van der Waals surface area contributed by atoms with Gasteiger partial charge in [0.1, 0.15) is 4.60 Å². The maximum absolute atomic E-state index is 11.8. The van der Waals surface area contributed by atoms with Crippen molar-refractivity contribution in [3.8, 4) is 0 Å². The van der Waals surface area contributed by atoms with Crippen LogP contribution in [0.4, 0.5) is 0 Å². The van der Waals surface area contributed by atoms with Gasteiger partial charge >= 0.3 is 5.97 Å². The number of hydrogen-bond acceptors (Lipinski definition) is 3. The Hall–Kier alpha value is -1.43. The minimum absolute atomic E-state index is 0.108. The van der Waals surface area contributed by atoms with Crippen molar-refractivity contribution in [1.29, 1.82) is 0 Å². The van der Waals surface area contributed by atoms with Crippen LogP contribution in [0.3, 0.4) is 0 Å². The van der Waals surface area contributed by atoms with Crippen LogP contribution in [0, 0.1) is 5.41 Å². The van der Waals surface area contributed by atoms with Gasteiger partial charge in [0.05, 0.1) is 5.56 Å². The number of nitrogens with one attached hydrogen (secondary N) is 1. The Morgan fingerprint density at radius 2 is 2.05 bits per heavy atom. The maximum Gasteiger partial charge on any atom is 0.303 e. The maximum atomic E-state index is 11.8. The fourth-order valence-corrected chi connectivity index (χ4v) is 1.93. The Bertz CT molecular complexity index is 472. The van der Waals surface area contributed by atoms with Crippen molar-refractivity contribution in [2.75, 3.05) is 6.54 Å². The minimum Gasteiger partial charge on any atom is -0.481 e. The Kier molecular flexibility index (Phi) is 6.13. The molecule has 0 bridgehead atoms. The van der Waals surface area contributed by atoms with Gasteiger partial charge in [-0.15, -0.1) is 0 Å². The summed E-state index contributed by atoms with van der Waals surface area (Å²) in [6, 6.07) is 3.41. The van der Waals surface area contributed by atoms with Gasteiger partial charge in [0.15, 0.2) is 0 Å². The minimum atomic E-state index is -0.789. The van der Waals surface area contributed by atoms with Crippen LogP contribution >= 0.6 is 15.9 Å². The van der Waals surface area contributed by atoms with E-state index in [1.165, 1.54) is 6.20 Å². The molecule has 1 amide bonds. The quantitative estimate of drug-likeness (QED) is 0.746. The lowest BCUT2D eigenvalue weighted by Crippen LogP contribution is -2.28. The molecular formula is C14H19BrN2O3. The summed E-state index contributed by atoms with van der Waals surface area (Å²) in [5, 5.41) is 11.5. The Morgan fingerprint density at radius 1 is 1.35 bits per heavy atom. The second kappa shape index (κ2) is 7.38. The first-order valence-corrected chi connectivity index (χ1v) is 7.21. The fraction of sp³-hybridized carbons (Fsp3) is 0.500. The van der Waals surface area contributed by atoms with Crippen LogP contribution in [-0.4, -0.2) is 28.5 Å². The number of pyridine rings is 1. The van der Waals surface area contributed by atoms with E-state index >= 15 is 0 Å². The summed E-state index contributed by atoms with van der Waals surface area (Å²) in [6.07, 6.45) is 2.99. The van der Waals surface area contributed by atoms with Gasteiger partial charge in [0.25, 0.3) is 5.91 Å². The highest BCUT2D eigenvalue weighted by atomic mass is 79.9. The van der Waals surface area contributed by atoms with Gasteiger partial charge in [-0.1, -0.05) is 13.8 Å². The Morgan fingerprint density at radius 3 is 2.60 bits per heavy atom. The molecule has 0 aliphatic rings. The van der Waals surface area contributed by atoms with E-state index in [1.54, 1.807) is 12.1 Å². The average Bonchev–Trinajstić information content (AvgIpc) is 2.37. The van der Waals surface area contributed by atoms with E-state index in [4.69, 9.17) is 5.11 Å². The van der Waals surface area contributed by atoms with Crippen molar-refractivity contribution in [3.05, 3.63) is 28.5 Å². The molecule has 110 valence electrons. The van der Waals surface area contributed by atoms with E-state index in [0.29, 0.717) is 23.1 Å². The zero-order valence-corrected chi connectivity index (χ0v) is 13.2. The molecule has 0 aromatic carbocycles. The van der Waals surface area contributed by atoms with E-state index < -0.39 is 5.97 Å². The van der Waals surface area contributed by atoms with Crippen LogP contribution in [0.25, 0.3) is 0 Å². The van der Waals surface area contributed by atoms with Gasteiger partial charge in [-0.2, -0.15) is 0 Å². The number of carboxylic acid groups (broad SMARTS) is 1. The van der Waals surface area contributed by atoms with Crippen molar-refractivity contribution in [2.24, 2.45) is 5.41 Å². The number of halogens is 1. The summed E-state index contributed by atoms with van der Waals surface area (Å²) in [5.74, 6) is -0.956. The predicted octanol–water partition coefficient (Wildman–Crippen LogP) is 2.86. The number of carboxylic acids is 1. The topological polar surface area (TPSA) is 79.3 Å². The number of nitrogens with zero attached hydrogens (tertiary/aromatic N) is 1. The number of amides is 1. The number of aliphatic carboxylic acids is 1. The smallest absolute Gasteiger partial charge is 0.303 e. The van der Waals surface area contributed by atoms with Gasteiger partial charge in [0, 0.05) is 19.2 Å². The molecule has 20 heavy (non-hydrogen) atoms. The molecule has 1 heterocycles. The lowest BCUT2D eigenvalue weighted by Gasteiger charge is -2.23. The molecule has 5 nitrogen and oxygen atoms in total. The molecule has 0 radical (unpaired) electrons. The van der Waals surface area contributed by atoms with Gasteiger partial charge in [-0.3, -0.25) is 9.59 Å². The highest BCUT2D eigenvalue weighted by Gasteiger charge is 2.19. The number of rotatable bonds is 7. The molecule has 0 aliphatic carbocycles. The first-order chi connectivity index (χ1) is 9.30. The van der Waals surface area contributed by atoms with Gasteiger partial charge < -0.3 is 10.4 Å². The molecule has 0 atom stereocenters. The largest absolute Gasteiger partial charge is 0.481 e. The van der Waals surface area contributed by atoms with E-state index in [2.05, 4.69) is 26.2 Å². The summed E-state index contributed by atoms with van der Waals surface area (Å²) < 4.78 is 0.684. The molecule has 0 fully saturated rings. The second-order valence-corrected chi connectivity index (χ2v) is 6.25. The highest BCUT2D eigenvalue weighted by molar-refractivity contribution is 9.10. The first-order valence-electron chi connectivity index (χ1n) is 6.42. The van der Waals surface area contributed by atoms with Gasteiger partial charge in [0.2, 0.25) is 0 Å². The second-order valence-electron chi connectivity index (χ2n) is 5.43. The van der Waals surface area contributed by atoms with E-state index in [9.17, 15) is 9.59 Å². The van der Waals surface area contributed by atoms with E-state index in [-0.39, 0.29) is 17.7 Å². The van der Waals surface area contributed by atoms with Crippen molar-refractivity contribution in [3.63, 3.8) is 0 Å². The number of hydrogen-bond donors (Lipinski definition) is 2. The van der Waals surface area contributed by atoms with Gasteiger partial charge in [-0.05, 0) is 46.3 Å². The van der Waals surface area contributed by atoms with Crippen molar-refractivity contribution in [1.82, 2.24) is 10.3 Å². The van der Waals surface area contributed by atoms with Crippen molar-refractivity contribution >= 4 is 27.8 Å². The lowest BCUT2D eigenvalue weighted by atomic mass is 9.84. The molecule has 0 saturated heterocycles. The van der Waals surface area contributed by atoms with Crippen LogP contribution in [0.15, 0.2) is 22.9 Å². The third-order valence-electron chi connectivity index (χ3n) is 3.09. The Labute approximate surface area is 126 Å². The fourth-order valence-electron chi connectivity index (χ4n) is 1.70. The molecule has 1 aromatic heterocycles. The van der Waals surface area contributed by atoms with Crippen LogP contribution in [-0.2, 0) is 4.79 Å². The zero-order chi connectivity index (χ0) is 15.2. The standard InChI is InChI=1S/C14H19BrN2O3/c1-14(2,6-5-12(18)19)7-8-16-13(20)10-3-4-11(15)17-9-10/h3-4,9H,5-8H2,1-2H3,(H,16,20)(H,18,19). The lowest BCUT2D eigenvalue weighted by molar-refractivity contribution is -0.137. The predicted molar refractivity (Wildman–Crippen MR) is 79.5 cm³/mol. The SMILES string of the molecule is CC(C)(CCNC(=O)c1ccc(Br)nc1)CCC(=O)O. The molecule has 0 aliphatic heterocycles. The molecule has 1 rings (SSSR count). The van der Waals surface area contributed by atoms with Crippen molar-refractivity contribution in [2.45, 2.75) is 33.1 Å². The summed E-state index contributed by atoms with van der Waals surface area (Å²) in [6.45, 7) is 4.52. The zero-order valence-electron chi connectivity index (χ0n) is 11.6. The molecule has 0 spiro atoms. The number of carbonyl (C=O) groups is 2. The first kappa shape index (κ1) is 16.6. The van der Waals surface area contributed by atoms with Crippen LogP contribution in [0.5, 0.6) is 0 Å². The molecule has 0 saturated carbocycles. The molecule has 1 aromatic rings. The third-order valence-corrected chi connectivity index (χ3v) is 3.56. The van der Waals surface area contributed by atoms with E-state index in [0.717, 1.165) is 6.42 Å². The van der Waals surface area contributed by atoms with Gasteiger partial charge in [-0.25, -0.2) is 4.98 Å². The van der Waals surface area contributed by atoms with Crippen molar-refractivity contribution < 1.29 is 14.7 Å². The molecule has 0 unspecified atom stereocenters. The Balaban J connectivity index is 2.38. The summed E-state index contributed by atoms with van der Waals surface area (Å²) >= 11 is 3.21. The normalized spacial score (nSPS) is 11.2. The van der Waals surface area contributed by atoms with Crippen LogP contribution in [0.2, 0.25) is 0 Å². The molecular weight excluding hydrogens is 324 g/mol. The van der Waals surface area contributed by atoms with E-state index in [1.807, 2.05) is 13.8 Å². The third kappa shape index (κ3) is 6.14. The highest BCUT2D eigenvalue weighted by Crippen LogP contribution is 2.26. The van der Waals surface area contributed by atoms with Crippen LogP contribution in [0.1, 0.15) is 43.5 Å². The molecule has 6 heteroatoms. The summed E-state index contributed by atoms with van der Waals surface area (Å²) in [5.41, 5.74) is 0.403. The summed E-state index contributed by atoms with van der Waals surface area (Å²) in [4.78, 5) is 26.4. The molecule has 2 N–H and O–H groups in total.